The SMILES string of the molecule is O=C1CC2(CCCC2)CCO1. The molecule has 2 heteroatoms. The summed E-state index contributed by atoms with van der Waals surface area (Å²) in [5, 5.41) is 0. The number of hydrogen-bond acceptors (Lipinski definition) is 2. The summed E-state index contributed by atoms with van der Waals surface area (Å²) >= 11 is 0. The first-order chi connectivity index (χ1) is 5.31. The van der Waals surface area contributed by atoms with Gasteiger partial charge in [-0.15, -0.1) is 0 Å². The molecule has 2 nitrogen and oxygen atoms in total. The lowest BCUT2D eigenvalue weighted by atomic mass is 9.79. The van der Waals surface area contributed by atoms with Gasteiger partial charge in [0.25, 0.3) is 0 Å². The largest absolute Gasteiger partial charge is 0.466 e. The summed E-state index contributed by atoms with van der Waals surface area (Å²) in [7, 11) is 0. The minimum atomic E-state index is 0.0261. The van der Waals surface area contributed by atoms with E-state index in [4.69, 9.17) is 4.74 Å². The standard InChI is InChI=1S/C9H14O2/c10-8-7-9(5-6-11-8)3-1-2-4-9/h1-7H2. The van der Waals surface area contributed by atoms with E-state index in [0.717, 1.165) is 6.42 Å². The number of cyclic esters (lactones) is 1. The Morgan fingerprint density at radius 2 is 1.91 bits per heavy atom. The van der Waals surface area contributed by atoms with Crippen molar-refractivity contribution in [1.29, 1.82) is 0 Å². The fourth-order valence-corrected chi connectivity index (χ4v) is 2.38. The van der Waals surface area contributed by atoms with Crippen molar-refractivity contribution in [1.82, 2.24) is 0 Å². The highest BCUT2D eigenvalue weighted by Crippen LogP contribution is 2.45. The molecule has 2 rings (SSSR count). The Morgan fingerprint density at radius 3 is 2.55 bits per heavy atom. The van der Waals surface area contributed by atoms with Gasteiger partial charge in [-0.25, -0.2) is 0 Å². The fourth-order valence-electron chi connectivity index (χ4n) is 2.38. The zero-order chi connectivity index (χ0) is 7.73. The minimum absolute atomic E-state index is 0.0261. The summed E-state index contributed by atoms with van der Waals surface area (Å²) in [4.78, 5) is 11.0. The molecule has 1 saturated heterocycles. The van der Waals surface area contributed by atoms with Crippen LogP contribution in [-0.2, 0) is 9.53 Å². The zero-order valence-electron chi connectivity index (χ0n) is 6.77. The molecule has 1 heterocycles. The second kappa shape index (κ2) is 2.50. The summed E-state index contributed by atoms with van der Waals surface area (Å²) < 4.78 is 4.93. The van der Waals surface area contributed by atoms with E-state index >= 15 is 0 Å². The van der Waals surface area contributed by atoms with E-state index in [2.05, 4.69) is 0 Å². The molecule has 0 aromatic heterocycles. The first-order valence-corrected chi connectivity index (χ1v) is 4.46. The molecular formula is C9H14O2. The molecule has 11 heavy (non-hydrogen) atoms. The van der Waals surface area contributed by atoms with Crippen LogP contribution in [0.1, 0.15) is 38.5 Å². The van der Waals surface area contributed by atoms with Gasteiger partial charge in [0.15, 0.2) is 0 Å². The van der Waals surface area contributed by atoms with E-state index < -0.39 is 0 Å². The average molecular weight is 154 g/mol. The maximum absolute atomic E-state index is 11.0. The van der Waals surface area contributed by atoms with Crippen molar-refractivity contribution >= 4 is 5.97 Å². The first-order valence-electron chi connectivity index (χ1n) is 4.46. The Hall–Kier alpha value is -0.530. The monoisotopic (exact) mass is 154 g/mol. The van der Waals surface area contributed by atoms with Crippen molar-refractivity contribution in [3.05, 3.63) is 0 Å². The van der Waals surface area contributed by atoms with Gasteiger partial charge >= 0.3 is 5.97 Å². The van der Waals surface area contributed by atoms with Crippen molar-refractivity contribution in [3.8, 4) is 0 Å². The van der Waals surface area contributed by atoms with Gasteiger partial charge in [0.1, 0.15) is 0 Å². The molecule has 2 aliphatic rings. The zero-order valence-corrected chi connectivity index (χ0v) is 6.77. The molecule has 0 aromatic rings. The smallest absolute Gasteiger partial charge is 0.306 e. The predicted octanol–water partition coefficient (Wildman–Crippen LogP) is 1.88. The molecule has 1 aliphatic heterocycles. The van der Waals surface area contributed by atoms with Crippen LogP contribution in [-0.4, -0.2) is 12.6 Å². The van der Waals surface area contributed by atoms with E-state index in [9.17, 15) is 4.79 Å². The van der Waals surface area contributed by atoms with Crippen molar-refractivity contribution < 1.29 is 9.53 Å². The summed E-state index contributed by atoms with van der Waals surface area (Å²) in [6.07, 6.45) is 6.93. The van der Waals surface area contributed by atoms with Gasteiger partial charge < -0.3 is 4.74 Å². The van der Waals surface area contributed by atoms with Crippen molar-refractivity contribution in [2.75, 3.05) is 6.61 Å². The molecule has 1 spiro atoms. The van der Waals surface area contributed by atoms with Crippen LogP contribution in [0.4, 0.5) is 0 Å². The van der Waals surface area contributed by atoms with Crippen LogP contribution in [0.3, 0.4) is 0 Å². The average Bonchev–Trinajstić information content (AvgIpc) is 2.37. The molecule has 2 fully saturated rings. The molecule has 1 aliphatic carbocycles. The van der Waals surface area contributed by atoms with Crippen LogP contribution in [0.15, 0.2) is 0 Å². The Balaban J connectivity index is 2.05. The Bertz CT molecular complexity index is 168. The summed E-state index contributed by atoms with van der Waals surface area (Å²) in [5.41, 5.74) is 0.370. The molecule has 1 saturated carbocycles. The lowest BCUT2D eigenvalue weighted by Crippen LogP contribution is -2.29. The van der Waals surface area contributed by atoms with Gasteiger partial charge in [0, 0.05) is 0 Å². The molecule has 0 radical (unpaired) electrons. The van der Waals surface area contributed by atoms with E-state index in [0.29, 0.717) is 18.4 Å². The van der Waals surface area contributed by atoms with Gasteiger partial charge in [-0.1, -0.05) is 12.8 Å². The lowest BCUT2D eigenvalue weighted by molar-refractivity contribution is -0.153. The predicted molar refractivity (Wildman–Crippen MR) is 41.1 cm³/mol. The molecule has 0 amide bonds. The number of ether oxygens (including phenoxy) is 1. The van der Waals surface area contributed by atoms with Gasteiger partial charge in [0.05, 0.1) is 13.0 Å². The third-order valence-corrected chi connectivity index (χ3v) is 3.08. The van der Waals surface area contributed by atoms with E-state index in [1.807, 2.05) is 0 Å². The van der Waals surface area contributed by atoms with Crippen LogP contribution in [0.5, 0.6) is 0 Å². The van der Waals surface area contributed by atoms with Crippen LogP contribution in [0.25, 0.3) is 0 Å². The highest BCUT2D eigenvalue weighted by atomic mass is 16.5. The molecule has 0 aromatic carbocycles. The highest BCUT2D eigenvalue weighted by molar-refractivity contribution is 5.71. The Kier molecular flexibility index (Phi) is 1.63. The van der Waals surface area contributed by atoms with Crippen molar-refractivity contribution in [3.63, 3.8) is 0 Å². The molecule has 0 N–H and O–H groups in total. The van der Waals surface area contributed by atoms with Gasteiger partial charge in [-0.05, 0) is 24.7 Å². The number of rotatable bonds is 0. The second-order valence-corrected chi connectivity index (χ2v) is 3.85. The number of carbonyl (C=O) groups excluding carboxylic acids is 1. The van der Waals surface area contributed by atoms with Gasteiger partial charge in [0.2, 0.25) is 0 Å². The van der Waals surface area contributed by atoms with Crippen LogP contribution in [0, 0.1) is 5.41 Å². The lowest BCUT2D eigenvalue weighted by Gasteiger charge is -2.31. The van der Waals surface area contributed by atoms with Crippen molar-refractivity contribution in [2.24, 2.45) is 5.41 Å². The molecule has 0 atom stereocenters. The number of carbonyl (C=O) groups is 1. The van der Waals surface area contributed by atoms with E-state index in [-0.39, 0.29) is 5.97 Å². The quantitative estimate of drug-likeness (QED) is 0.498. The maximum atomic E-state index is 11.0. The second-order valence-electron chi connectivity index (χ2n) is 3.85. The van der Waals surface area contributed by atoms with E-state index in [1.54, 1.807) is 0 Å². The van der Waals surface area contributed by atoms with Gasteiger partial charge in [-0.2, -0.15) is 0 Å². The third-order valence-electron chi connectivity index (χ3n) is 3.08. The number of esters is 1. The maximum Gasteiger partial charge on any atom is 0.306 e. The first kappa shape index (κ1) is 7.14. The third kappa shape index (κ3) is 1.26. The molecular weight excluding hydrogens is 140 g/mol. The summed E-state index contributed by atoms with van der Waals surface area (Å²) in [6.45, 7) is 0.666. The van der Waals surface area contributed by atoms with Crippen LogP contribution < -0.4 is 0 Å². The van der Waals surface area contributed by atoms with Crippen LogP contribution >= 0.6 is 0 Å². The van der Waals surface area contributed by atoms with Crippen molar-refractivity contribution in [2.45, 2.75) is 38.5 Å². The van der Waals surface area contributed by atoms with E-state index in [1.165, 1.54) is 25.7 Å². The Morgan fingerprint density at radius 1 is 1.18 bits per heavy atom. The molecule has 62 valence electrons. The molecule has 0 unspecified atom stereocenters. The van der Waals surface area contributed by atoms with Crippen LogP contribution in [0.2, 0.25) is 0 Å². The summed E-state index contributed by atoms with van der Waals surface area (Å²) in [5.74, 6) is 0.0261. The topological polar surface area (TPSA) is 26.3 Å². The summed E-state index contributed by atoms with van der Waals surface area (Å²) in [6, 6.07) is 0. The fraction of sp³-hybridized carbons (Fsp3) is 0.889. The molecule has 0 bridgehead atoms. The Labute approximate surface area is 66.9 Å². The normalized spacial score (nSPS) is 28.9. The van der Waals surface area contributed by atoms with Gasteiger partial charge in [-0.3, -0.25) is 4.79 Å². The minimum Gasteiger partial charge on any atom is -0.466 e. The number of hydrogen-bond donors (Lipinski definition) is 0. The highest BCUT2D eigenvalue weighted by Gasteiger charge is 2.38.